The third kappa shape index (κ3) is 32.5. The molecule has 0 amide bonds. The van der Waals surface area contributed by atoms with E-state index in [1.54, 1.807) is 13.8 Å². The molecule has 3 heteroatoms. The largest absolute Gasteiger partial charge is 0.386 e. The molecule has 0 aliphatic heterocycles. The molecule has 0 saturated heterocycles. The van der Waals surface area contributed by atoms with Gasteiger partial charge in [-0.2, -0.15) is 0 Å². The van der Waals surface area contributed by atoms with Crippen molar-refractivity contribution in [3.8, 4) is 0 Å². The highest BCUT2D eigenvalue weighted by atomic mass is 16.6. The van der Waals surface area contributed by atoms with E-state index < -0.39 is 11.9 Å². The third-order valence-corrected chi connectivity index (χ3v) is 10.9. The zero-order chi connectivity index (χ0) is 36.9. The summed E-state index contributed by atoms with van der Waals surface area (Å²) in [6.45, 7) is 12.8. The highest BCUT2D eigenvalue weighted by molar-refractivity contribution is 6.01. The van der Waals surface area contributed by atoms with Crippen LogP contribution in [0, 0.1) is 11.8 Å². The number of hydrogen-bond acceptors (Lipinski definition) is 3. The minimum atomic E-state index is -0.498. The van der Waals surface area contributed by atoms with Crippen LogP contribution in [0.4, 0.5) is 0 Å². The van der Waals surface area contributed by atoms with Crippen LogP contribution in [0.3, 0.4) is 0 Å². The molecule has 0 aromatic rings. The molecule has 50 heavy (non-hydrogen) atoms. The molecular weight excluding hydrogens is 613 g/mol. The van der Waals surface area contributed by atoms with Crippen LogP contribution in [-0.4, -0.2) is 11.9 Å². The van der Waals surface area contributed by atoms with E-state index in [2.05, 4.69) is 27.7 Å². The lowest BCUT2D eigenvalue weighted by atomic mass is 9.86. The summed E-state index contributed by atoms with van der Waals surface area (Å²) in [5.41, 5.74) is 1.09. The first-order chi connectivity index (χ1) is 24.3. The minimum Gasteiger partial charge on any atom is -0.386 e. The second kappa shape index (κ2) is 37.4. The topological polar surface area (TPSA) is 43.4 Å². The number of rotatable bonds is 37. The number of carbonyl (C=O) groups excluding carboxylic acids is 2. The summed E-state index contributed by atoms with van der Waals surface area (Å²) in [5.74, 6) is 0.334. The van der Waals surface area contributed by atoms with Gasteiger partial charge in [-0.1, -0.05) is 226 Å². The van der Waals surface area contributed by atoms with Gasteiger partial charge in [-0.3, -0.25) is 0 Å². The van der Waals surface area contributed by atoms with Crippen LogP contribution in [0.1, 0.15) is 253 Å². The summed E-state index contributed by atoms with van der Waals surface area (Å²) in [6.07, 6.45) is 47.9. The van der Waals surface area contributed by atoms with Gasteiger partial charge in [0.05, 0.1) is 0 Å². The van der Waals surface area contributed by atoms with Crippen LogP contribution < -0.4 is 0 Å². The molecule has 0 radical (unpaired) electrons. The first-order valence-electron chi connectivity index (χ1n) is 22.4. The van der Waals surface area contributed by atoms with Gasteiger partial charge in [0.1, 0.15) is 0 Å². The summed E-state index contributed by atoms with van der Waals surface area (Å²) >= 11 is 0. The van der Waals surface area contributed by atoms with E-state index in [1.807, 2.05) is 12.2 Å². The number of allylic oxidation sites excluding steroid dienone is 2. The van der Waals surface area contributed by atoms with Gasteiger partial charge >= 0.3 is 11.9 Å². The Bertz CT molecular complexity index is 822. The van der Waals surface area contributed by atoms with E-state index >= 15 is 0 Å². The lowest BCUT2D eigenvalue weighted by Gasteiger charge is -2.20. The van der Waals surface area contributed by atoms with Gasteiger partial charge in [0, 0.05) is 11.1 Å². The van der Waals surface area contributed by atoms with Gasteiger partial charge in [0.2, 0.25) is 0 Å². The summed E-state index contributed by atoms with van der Waals surface area (Å²) in [7, 11) is 0. The molecule has 0 aromatic carbocycles. The second-order valence-electron chi connectivity index (χ2n) is 16.2. The van der Waals surface area contributed by atoms with Crippen molar-refractivity contribution in [1.29, 1.82) is 0 Å². The summed E-state index contributed by atoms with van der Waals surface area (Å²) in [5, 5.41) is 0. The van der Waals surface area contributed by atoms with Crippen molar-refractivity contribution >= 4 is 11.9 Å². The minimum absolute atomic E-state index is 0.497. The Morgan fingerprint density at radius 2 is 0.720 bits per heavy atom. The molecule has 1 atom stereocenters. The Labute approximate surface area is 314 Å². The van der Waals surface area contributed by atoms with E-state index in [-0.39, 0.29) is 0 Å². The predicted octanol–water partition coefficient (Wildman–Crippen LogP) is 16.1. The van der Waals surface area contributed by atoms with E-state index in [1.165, 1.54) is 186 Å². The maximum Gasteiger partial charge on any atom is 0.341 e. The van der Waals surface area contributed by atoms with Crippen molar-refractivity contribution in [2.45, 2.75) is 253 Å². The van der Waals surface area contributed by atoms with Crippen molar-refractivity contribution in [3.63, 3.8) is 0 Å². The first kappa shape index (κ1) is 48.6. The average Bonchev–Trinajstić information content (AvgIpc) is 3.10. The zero-order valence-electron chi connectivity index (χ0n) is 34.9. The van der Waals surface area contributed by atoms with Crippen LogP contribution in [0.2, 0.25) is 0 Å². The maximum absolute atomic E-state index is 12.6. The fraction of sp³-hybridized carbons (Fsp3) is 0.872. The van der Waals surface area contributed by atoms with Crippen LogP contribution in [0.15, 0.2) is 23.3 Å². The molecule has 0 spiro atoms. The van der Waals surface area contributed by atoms with Crippen LogP contribution >= 0.6 is 0 Å². The summed E-state index contributed by atoms with van der Waals surface area (Å²) in [6, 6.07) is 0. The van der Waals surface area contributed by atoms with Crippen LogP contribution in [0.25, 0.3) is 0 Å². The van der Waals surface area contributed by atoms with Crippen LogP contribution in [-0.2, 0) is 14.3 Å². The van der Waals surface area contributed by atoms with Gasteiger partial charge in [0.25, 0.3) is 0 Å². The lowest BCUT2D eigenvalue weighted by Crippen LogP contribution is -2.14. The Kier molecular flexibility index (Phi) is 36.3. The van der Waals surface area contributed by atoms with Crippen molar-refractivity contribution in [3.05, 3.63) is 23.3 Å². The molecule has 0 saturated carbocycles. The summed E-state index contributed by atoms with van der Waals surface area (Å²) in [4.78, 5) is 25.1. The Morgan fingerprint density at radius 3 is 1.06 bits per heavy atom. The van der Waals surface area contributed by atoms with Gasteiger partial charge in [-0.25, -0.2) is 9.59 Å². The molecule has 0 bridgehead atoms. The van der Waals surface area contributed by atoms with Gasteiger partial charge in [-0.05, 0) is 51.4 Å². The quantitative estimate of drug-likeness (QED) is 0.0280. The lowest BCUT2D eigenvalue weighted by molar-refractivity contribution is -0.154. The zero-order valence-corrected chi connectivity index (χ0v) is 34.9. The highest BCUT2D eigenvalue weighted by Crippen LogP contribution is 2.25. The highest BCUT2D eigenvalue weighted by Gasteiger charge is 2.15. The van der Waals surface area contributed by atoms with Gasteiger partial charge in [-0.15, -0.1) is 0 Å². The predicted molar refractivity (Wildman–Crippen MR) is 221 cm³/mol. The van der Waals surface area contributed by atoms with E-state index in [0.29, 0.717) is 23.0 Å². The van der Waals surface area contributed by atoms with Crippen molar-refractivity contribution in [1.82, 2.24) is 0 Å². The molecule has 3 nitrogen and oxygen atoms in total. The van der Waals surface area contributed by atoms with Crippen molar-refractivity contribution in [2.75, 3.05) is 0 Å². The number of carbonyl (C=O) groups is 2. The molecular formula is C47H88O3. The molecule has 0 aromatic heterocycles. The Hall–Kier alpha value is -1.38. The SMILES string of the molecule is CCCCCCCCCCCCCCCCCCC=C(C)C(=O)OC(=O)C(C)=CCCC(CCCCCCCCCCCCCCC)C(C)C. The molecule has 0 aliphatic rings. The molecule has 0 fully saturated rings. The number of esters is 2. The molecule has 0 N–H and O–H groups in total. The van der Waals surface area contributed by atoms with Gasteiger partial charge < -0.3 is 4.74 Å². The Balaban J connectivity index is 3.93. The monoisotopic (exact) mass is 701 g/mol. The standard InChI is InChI=1S/C47H88O3/c1-7-9-11-13-15-17-19-21-22-23-24-26-27-29-31-33-35-38-43(5)46(48)50-47(49)44(6)39-37-41-45(42(3)4)40-36-34-32-30-28-25-20-18-16-14-12-10-8-2/h38-39,42,45H,7-37,40-41H2,1-6H3. The smallest absolute Gasteiger partial charge is 0.341 e. The number of hydrogen-bond donors (Lipinski definition) is 0. The second-order valence-corrected chi connectivity index (χ2v) is 16.2. The fourth-order valence-electron chi connectivity index (χ4n) is 7.17. The first-order valence-corrected chi connectivity index (χ1v) is 22.4. The van der Waals surface area contributed by atoms with Crippen molar-refractivity contribution in [2.24, 2.45) is 11.8 Å². The molecule has 294 valence electrons. The maximum atomic E-state index is 12.6. The molecule has 0 rings (SSSR count). The number of unbranched alkanes of at least 4 members (excludes halogenated alkanes) is 28. The van der Waals surface area contributed by atoms with E-state index in [9.17, 15) is 9.59 Å². The Morgan fingerprint density at radius 1 is 0.420 bits per heavy atom. The fourth-order valence-corrected chi connectivity index (χ4v) is 7.17. The number of ether oxygens (including phenoxy) is 1. The molecule has 1 unspecified atom stereocenters. The molecule has 0 aliphatic carbocycles. The normalized spacial score (nSPS) is 12.9. The van der Waals surface area contributed by atoms with E-state index in [0.717, 1.165) is 25.7 Å². The average molecular weight is 701 g/mol. The third-order valence-electron chi connectivity index (χ3n) is 10.9. The van der Waals surface area contributed by atoms with Crippen LogP contribution in [0.5, 0.6) is 0 Å². The van der Waals surface area contributed by atoms with Crippen molar-refractivity contribution < 1.29 is 14.3 Å². The molecule has 0 heterocycles. The van der Waals surface area contributed by atoms with E-state index in [4.69, 9.17) is 4.74 Å². The van der Waals surface area contributed by atoms with Gasteiger partial charge in [0.15, 0.2) is 0 Å². The summed E-state index contributed by atoms with van der Waals surface area (Å²) < 4.78 is 5.20.